The van der Waals surface area contributed by atoms with E-state index in [1.54, 1.807) is 12.7 Å². The number of hydrogen-bond acceptors (Lipinski definition) is 7. The summed E-state index contributed by atoms with van der Waals surface area (Å²) in [5.41, 5.74) is 2.07. The summed E-state index contributed by atoms with van der Waals surface area (Å²) >= 11 is 0. The molecular weight excluding hydrogens is 518 g/mol. The van der Waals surface area contributed by atoms with Crippen LogP contribution in [0.25, 0.3) is 10.9 Å². The second-order valence-electron chi connectivity index (χ2n) is 11.3. The summed E-state index contributed by atoms with van der Waals surface area (Å²) in [4.78, 5) is 36.8. The fourth-order valence-electron chi connectivity index (χ4n) is 6.29. The van der Waals surface area contributed by atoms with Crippen molar-refractivity contribution in [1.82, 2.24) is 15.2 Å². The summed E-state index contributed by atoms with van der Waals surface area (Å²) in [6.45, 7) is 1.98. The maximum absolute atomic E-state index is 10.3. The van der Waals surface area contributed by atoms with E-state index in [9.17, 15) is 14.4 Å². The molecule has 2 aromatic rings. The molecule has 1 fully saturated rings. The first-order chi connectivity index (χ1) is 18.9. The predicted molar refractivity (Wildman–Crippen MR) is 149 cm³/mol. The van der Waals surface area contributed by atoms with Gasteiger partial charge in [-0.15, -0.1) is 0 Å². The molecule has 0 atom stereocenters. The predicted octanol–water partition coefficient (Wildman–Crippen LogP) is 2.95. The molecule has 0 amide bonds. The van der Waals surface area contributed by atoms with Crippen molar-refractivity contribution in [2.24, 2.45) is 0 Å². The topological polar surface area (TPSA) is 172 Å². The number of nitrogens with zero attached hydrogens (tertiary/aromatic N) is 1. The largest absolute Gasteiger partial charge is 0.481 e. The van der Waals surface area contributed by atoms with Gasteiger partial charge in [0.1, 0.15) is 0 Å². The fourth-order valence-corrected chi connectivity index (χ4v) is 6.29. The SMILES string of the molecule is COCCCCC1(N(C)C)CCC2(CC1)NCCc1c2[nH]c2ccccc12.O=C(O)CC(O)(CC(=O)O)C(=O)O. The van der Waals surface area contributed by atoms with E-state index in [-0.39, 0.29) is 5.54 Å². The molecule has 0 unspecified atom stereocenters. The third kappa shape index (κ3) is 7.01. The number of hydrogen-bond donors (Lipinski definition) is 6. The maximum Gasteiger partial charge on any atom is 0.336 e. The second kappa shape index (κ2) is 13.1. The molecule has 1 spiro atoms. The van der Waals surface area contributed by atoms with Gasteiger partial charge in [0, 0.05) is 42.4 Å². The van der Waals surface area contributed by atoms with E-state index in [0.717, 1.165) is 19.6 Å². The number of aromatic nitrogens is 1. The number of fused-ring (bicyclic) bond motifs is 4. The van der Waals surface area contributed by atoms with Crippen molar-refractivity contribution >= 4 is 28.8 Å². The number of aromatic amines is 1. The summed E-state index contributed by atoms with van der Waals surface area (Å²) in [6, 6.07) is 8.82. The molecule has 1 aliphatic carbocycles. The molecule has 222 valence electrons. The maximum atomic E-state index is 10.3. The van der Waals surface area contributed by atoms with Crippen LogP contribution in [0, 0.1) is 0 Å². The molecule has 1 aromatic heterocycles. The first kappa shape index (κ1) is 31.5. The Morgan fingerprint density at radius 2 is 1.62 bits per heavy atom. The normalized spacial score (nSPS) is 22.5. The van der Waals surface area contributed by atoms with Crippen LogP contribution in [-0.4, -0.2) is 93.7 Å². The number of nitrogens with one attached hydrogen (secondary N) is 2. The van der Waals surface area contributed by atoms with E-state index in [1.165, 1.54) is 61.5 Å². The van der Waals surface area contributed by atoms with Crippen molar-refractivity contribution < 1.29 is 39.5 Å². The molecule has 40 heavy (non-hydrogen) atoms. The van der Waals surface area contributed by atoms with Crippen molar-refractivity contribution in [3.8, 4) is 0 Å². The highest BCUT2D eigenvalue weighted by molar-refractivity contribution is 5.88. The first-order valence-electron chi connectivity index (χ1n) is 13.8. The number of methoxy groups -OCH3 is 1. The summed E-state index contributed by atoms with van der Waals surface area (Å²) in [7, 11) is 6.35. The Morgan fingerprint density at radius 3 is 2.17 bits per heavy atom. The summed E-state index contributed by atoms with van der Waals surface area (Å²) in [5.74, 6) is -5.02. The van der Waals surface area contributed by atoms with E-state index in [4.69, 9.17) is 25.2 Å². The van der Waals surface area contributed by atoms with Gasteiger partial charge in [-0.05, 0) is 77.1 Å². The van der Waals surface area contributed by atoms with E-state index in [1.807, 2.05) is 0 Å². The molecule has 0 bridgehead atoms. The zero-order valence-electron chi connectivity index (χ0n) is 23.7. The highest BCUT2D eigenvalue weighted by Gasteiger charge is 2.47. The number of aliphatic hydroxyl groups is 1. The second-order valence-corrected chi connectivity index (χ2v) is 11.3. The van der Waals surface area contributed by atoms with E-state index >= 15 is 0 Å². The Labute approximate surface area is 234 Å². The lowest BCUT2D eigenvalue weighted by Crippen LogP contribution is -2.56. The van der Waals surface area contributed by atoms with Crippen LogP contribution >= 0.6 is 0 Å². The monoisotopic (exact) mass is 561 g/mol. The highest BCUT2D eigenvalue weighted by Crippen LogP contribution is 2.48. The minimum absolute atomic E-state index is 0.138. The van der Waals surface area contributed by atoms with Crippen LogP contribution in [0.4, 0.5) is 0 Å². The number of carboxylic acids is 3. The highest BCUT2D eigenvalue weighted by atomic mass is 16.5. The number of aliphatic carboxylic acids is 3. The van der Waals surface area contributed by atoms with Gasteiger partial charge in [-0.25, -0.2) is 4.79 Å². The third-order valence-corrected chi connectivity index (χ3v) is 8.64. The molecule has 11 heteroatoms. The van der Waals surface area contributed by atoms with Crippen molar-refractivity contribution in [3.05, 3.63) is 35.5 Å². The molecule has 0 radical (unpaired) electrons. The lowest BCUT2D eigenvalue weighted by atomic mass is 9.67. The number of H-pyrrole nitrogens is 1. The van der Waals surface area contributed by atoms with Gasteiger partial charge in [-0.1, -0.05) is 18.2 Å². The van der Waals surface area contributed by atoms with Gasteiger partial charge in [-0.2, -0.15) is 0 Å². The molecule has 2 aliphatic rings. The van der Waals surface area contributed by atoms with Crippen molar-refractivity contribution in [1.29, 1.82) is 0 Å². The average Bonchev–Trinajstić information content (AvgIpc) is 3.28. The van der Waals surface area contributed by atoms with Gasteiger partial charge < -0.3 is 40.4 Å². The molecule has 1 aromatic carbocycles. The first-order valence-corrected chi connectivity index (χ1v) is 13.8. The van der Waals surface area contributed by atoms with Gasteiger partial charge in [0.05, 0.1) is 18.4 Å². The van der Waals surface area contributed by atoms with Gasteiger partial charge >= 0.3 is 17.9 Å². The molecule has 1 aliphatic heterocycles. The quantitative estimate of drug-likeness (QED) is 0.224. The lowest BCUT2D eigenvalue weighted by Gasteiger charge is -2.51. The zero-order chi connectivity index (χ0) is 29.6. The molecule has 0 saturated heterocycles. The number of benzene rings is 1. The molecule has 1 saturated carbocycles. The molecular formula is C29H43N3O8. The van der Waals surface area contributed by atoms with E-state index < -0.39 is 36.4 Å². The van der Waals surface area contributed by atoms with Crippen molar-refractivity contribution in [3.63, 3.8) is 0 Å². The smallest absolute Gasteiger partial charge is 0.336 e. The van der Waals surface area contributed by atoms with Crippen LogP contribution in [0.1, 0.15) is 69.0 Å². The standard InChI is InChI=1S/C23H35N3O.C6H8O7/c1-26(2)22(11-6-7-17-27-3)12-14-23(15-13-22)21-19(10-16-24-23)18-8-4-5-9-20(18)25-21;7-3(8)1-6(13,5(11)12)2-4(9)10/h4-5,8-9,24-25H,6-7,10-17H2,1-3H3;13H,1-2H2,(H,7,8)(H,9,10)(H,11,12). The Balaban J connectivity index is 0.000000289. The number of para-hydroxylation sites is 1. The minimum Gasteiger partial charge on any atom is -0.481 e. The Morgan fingerprint density at radius 1 is 1.00 bits per heavy atom. The Hall–Kier alpha value is -2.99. The molecule has 6 N–H and O–H groups in total. The molecule has 11 nitrogen and oxygen atoms in total. The number of unbranched alkanes of at least 4 members (excludes halogenated alkanes) is 1. The van der Waals surface area contributed by atoms with Gasteiger partial charge in [-0.3, -0.25) is 9.59 Å². The van der Waals surface area contributed by atoms with Gasteiger partial charge in [0.15, 0.2) is 5.60 Å². The van der Waals surface area contributed by atoms with Crippen LogP contribution in [0.2, 0.25) is 0 Å². The lowest BCUT2D eigenvalue weighted by molar-refractivity contribution is -0.170. The van der Waals surface area contributed by atoms with E-state index in [2.05, 4.69) is 53.6 Å². The third-order valence-electron chi connectivity index (χ3n) is 8.64. The van der Waals surface area contributed by atoms with Crippen molar-refractivity contribution in [2.45, 2.75) is 80.9 Å². The van der Waals surface area contributed by atoms with Gasteiger partial charge in [0.25, 0.3) is 0 Å². The summed E-state index contributed by atoms with van der Waals surface area (Å²) in [6.07, 6.45) is 7.50. The van der Waals surface area contributed by atoms with Gasteiger partial charge in [0.2, 0.25) is 0 Å². The summed E-state index contributed by atoms with van der Waals surface area (Å²) < 4.78 is 5.25. The minimum atomic E-state index is -2.74. The van der Waals surface area contributed by atoms with Crippen molar-refractivity contribution in [2.75, 3.05) is 34.4 Å². The van der Waals surface area contributed by atoms with Crippen LogP contribution < -0.4 is 5.32 Å². The number of carbonyl (C=O) groups is 3. The van der Waals surface area contributed by atoms with Crippen LogP contribution in [-0.2, 0) is 31.1 Å². The number of ether oxygens (including phenoxy) is 1. The van der Waals surface area contributed by atoms with Crippen LogP contribution in [0.3, 0.4) is 0 Å². The fraction of sp³-hybridized carbons (Fsp3) is 0.621. The Bertz CT molecular complexity index is 1170. The Kier molecular flexibility index (Phi) is 10.3. The molecule has 4 rings (SSSR count). The average molecular weight is 562 g/mol. The van der Waals surface area contributed by atoms with Crippen LogP contribution in [0.5, 0.6) is 0 Å². The number of rotatable bonds is 11. The molecule has 2 heterocycles. The zero-order valence-corrected chi connectivity index (χ0v) is 23.7. The number of carboxylic acid groups (broad SMARTS) is 3. The van der Waals surface area contributed by atoms with Crippen LogP contribution in [0.15, 0.2) is 24.3 Å². The summed E-state index contributed by atoms with van der Waals surface area (Å²) in [5, 5.41) is 39.2. The van der Waals surface area contributed by atoms with E-state index in [0.29, 0.717) is 5.54 Å².